The van der Waals surface area contributed by atoms with E-state index in [-0.39, 0.29) is 5.97 Å². The summed E-state index contributed by atoms with van der Waals surface area (Å²) < 4.78 is 5.42. The van der Waals surface area contributed by atoms with Crippen molar-refractivity contribution in [3.05, 3.63) is 0 Å². The lowest BCUT2D eigenvalue weighted by Crippen LogP contribution is -2.05. The molecule has 2 N–H and O–H groups in total. The van der Waals surface area contributed by atoms with Gasteiger partial charge in [-0.05, 0) is 25.7 Å². The van der Waals surface area contributed by atoms with Crippen molar-refractivity contribution in [3.63, 3.8) is 0 Å². The van der Waals surface area contributed by atoms with Crippen molar-refractivity contribution in [2.45, 2.75) is 205 Å². The number of hydrogen-bond acceptors (Lipinski definition) is 4. The molecule has 0 aromatic carbocycles. The Labute approximate surface area is 255 Å². The lowest BCUT2D eigenvalue weighted by molar-refractivity contribution is -0.144. The summed E-state index contributed by atoms with van der Waals surface area (Å²) >= 11 is 0. The molecule has 0 saturated carbocycles. The van der Waals surface area contributed by atoms with Gasteiger partial charge in [0.05, 0.1) is 6.61 Å². The van der Waals surface area contributed by atoms with Gasteiger partial charge in [0.2, 0.25) is 0 Å². The Hall–Kier alpha value is -1.10. The third-order valence-electron chi connectivity index (χ3n) is 8.34. The molecule has 0 aliphatic heterocycles. The summed E-state index contributed by atoms with van der Waals surface area (Å²) in [7, 11) is 0. The SMILES string of the molecule is O=C(O)CCCCCCCCCCCCCCCCCOC(=O)CCCCCCCCCCCCCCCCCO. The fourth-order valence-electron chi connectivity index (χ4n) is 5.61. The Morgan fingerprint density at radius 3 is 0.951 bits per heavy atom. The molecule has 0 unspecified atom stereocenters. The van der Waals surface area contributed by atoms with E-state index in [1.54, 1.807) is 0 Å². The number of carbonyl (C=O) groups excluding carboxylic acids is 1. The van der Waals surface area contributed by atoms with Gasteiger partial charge in [-0.25, -0.2) is 0 Å². The first-order chi connectivity index (χ1) is 20.2. The highest BCUT2D eigenvalue weighted by molar-refractivity contribution is 5.69. The predicted molar refractivity (Wildman–Crippen MR) is 173 cm³/mol. The maximum absolute atomic E-state index is 11.9. The normalized spacial score (nSPS) is 11.2. The average Bonchev–Trinajstić information content (AvgIpc) is 2.96. The van der Waals surface area contributed by atoms with Crippen LogP contribution in [0.25, 0.3) is 0 Å². The summed E-state index contributed by atoms with van der Waals surface area (Å²) in [5, 5.41) is 17.4. The van der Waals surface area contributed by atoms with Gasteiger partial charge in [-0.2, -0.15) is 0 Å². The van der Waals surface area contributed by atoms with Crippen molar-refractivity contribution in [2.24, 2.45) is 0 Å². The minimum Gasteiger partial charge on any atom is -0.481 e. The summed E-state index contributed by atoms with van der Waals surface area (Å²) in [4.78, 5) is 22.4. The molecule has 0 rings (SSSR count). The number of unbranched alkanes of at least 4 members (excludes halogenated alkanes) is 28. The van der Waals surface area contributed by atoms with Gasteiger partial charge in [-0.1, -0.05) is 167 Å². The summed E-state index contributed by atoms with van der Waals surface area (Å²) in [6.45, 7) is 0.946. The van der Waals surface area contributed by atoms with Crippen LogP contribution in [0.3, 0.4) is 0 Å². The topological polar surface area (TPSA) is 83.8 Å². The maximum Gasteiger partial charge on any atom is 0.305 e. The zero-order valence-electron chi connectivity index (χ0n) is 27.2. The molecule has 0 saturated heterocycles. The number of carboxylic acid groups (broad SMARTS) is 1. The molecule has 0 atom stereocenters. The number of carbonyl (C=O) groups is 2. The maximum atomic E-state index is 11.9. The van der Waals surface area contributed by atoms with Crippen molar-refractivity contribution in [1.82, 2.24) is 0 Å². The smallest absolute Gasteiger partial charge is 0.305 e. The second-order valence-electron chi connectivity index (χ2n) is 12.4. The monoisotopic (exact) mass is 583 g/mol. The van der Waals surface area contributed by atoms with Crippen LogP contribution in [0.15, 0.2) is 0 Å². The van der Waals surface area contributed by atoms with Crippen LogP contribution in [0.1, 0.15) is 205 Å². The van der Waals surface area contributed by atoms with Gasteiger partial charge < -0.3 is 14.9 Å². The first-order valence-corrected chi connectivity index (χ1v) is 18.1. The predicted octanol–water partition coefficient (Wildman–Crippen LogP) is 11.1. The number of hydrogen-bond donors (Lipinski definition) is 2. The third-order valence-corrected chi connectivity index (χ3v) is 8.34. The van der Waals surface area contributed by atoms with Crippen LogP contribution in [-0.2, 0) is 14.3 Å². The first kappa shape index (κ1) is 39.9. The molecule has 0 heterocycles. The van der Waals surface area contributed by atoms with E-state index in [1.807, 2.05) is 0 Å². The number of aliphatic hydroxyl groups excluding tert-OH is 1. The Balaban J connectivity index is 3.15. The van der Waals surface area contributed by atoms with E-state index in [0.29, 0.717) is 26.1 Å². The Morgan fingerprint density at radius 2 is 0.634 bits per heavy atom. The number of rotatable bonds is 35. The van der Waals surface area contributed by atoms with Crippen LogP contribution in [-0.4, -0.2) is 35.4 Å². The zero-order chi connectivity index (χ0) is 29.9. The van der Waals surface area contributed by atoms with Crippen LogP contribution in [0, 0.1) is 0 Å². The van der Waals surface area contributed by atoms with Crippen LogP contribution in [0.4, 0.5) is 0 Å². The Morgan fingerprint density at radius 1 is 0.366 bits per heavy atom. The zero-order valence-corrected chi connectivity index (χ0v) is 27.2. The second kappa shape index (κ2) is 35.1. The van der Waals surface area contributed by atoms with Crippen molar-refractivity contribution in [2.75, 3.05) is 13.2 Å². The van der Waals surface area contributed by atoms with Gasteiger partial charge in [0.1, 0.15) is 0 Å². The molecule has 0 amide bonds. The fraction of sp³-hybridized carbons (Fsp3) is 0.944. The lowest BCUT2D eigenvalue weighted by atomic mass is 10.0. The van der Waals surface area contributed by atoms with Crippen molar-refractivity contribution >= 4 is 11.9 Å². The molecule has 0 radical (unpaired) electrons. The average molecular weight is 583 g/mol. The molecule has 5 heteroatoms. The number of aliphatic carboxylic acids is 1. The molecular weight excluding hydrogens is 512 g/mol. The van der Waals surface area contributed by atoms with Gasteiger partial charge in [-0.3, -0.25) is 9.59 Å². The second-order valence-corrected chi connectivity index (χ2v) is 12.4. The minimum atomic E-state index is -0.668. The molecule has 0 aliphatic carbocycles. The number of aliphatic hydroxyl groups is 1. The quantitative estimate of drug-likeness (QED) is 0.0573. The summed E-state index contributed by atoms with van der Waals surface area (Å²) in [6, 6.07) is 0. The molecule has 41 heavy (non-hydrogen) atoms. The van der Waals surface area contributed by atoms with Gasteiger partial charge in [0.25, 0.3) is 0 Å². The molecule has 0 aromatic heterocycles. The van der Waals surface area contributed by atoms with E-state index in [4.69, 9.17) is 14.9 Å². The Bertz CT molecular complexity index is 536. The molecule has 0 fully saturated rings. The van der Waals surface area contributed by atoms with Crippen molar-refractivity contribution in [3.8, 4) is 0 Å². The number of ether oxygens (including phenoxy) is 1. The Kier molecular flexibility index (Phi) is 34.2. The van der Waals surface area contributed by atoms with E-state index in [1.165, 1.54) is 154 Å². The third kappa shape index (κ3) is 36.9. The highest BCUT2D eigenvalue weighted by Gasteiger charge is 2.03. The first-order valence-electron chi connectivity index (χ1n) is 18.1. The van der Waals surface area contributed by atoms with Crippen LogP contribution >= 0.6 is 0 Å². The van der Waals surface area contributed by atoms with Gasteiger partial charge >= 0.3 is 11.9 Å². The highest BCUT2D eigenvalue weighted by atomic mass is 16.5. The molecule has 0 bridgehead atoms. The highest BCUT2D eigenvalue weighted by Crippen LogP contribution is 2.15. The molecule has 0 aromatic rings. The van der Waals surface area contributed by atoms with Gasteiger partial charge in [0.15, 0.2) is 0 Å². The fourth-order valence-corrected chi connectivity index (χ4v) is 5.61. The van der Waals surface area contributed by atoms with Crippen LogP contribution in [0.5, 0.6) is 0 Å². The molecule has 0 aliphatic rings. The minimum absolute atomic E-state index is 0.00316. The number of carboxylic acids is 1. The molecule has 5 nitrogen and oxygen atoms in total. The molecular formula is C36H70O5. The van der Waals surface area contributed by atoms with E-state index >= 15 is 0 Å². The molecule has 244 valence electrons. The van der Waals surface area contributed by atoms with Crippen LogP contribution in [0.2, 0.25) is 0 Å². The summed E-state index contributed by atoms with van der Waals surface area (Å²) in [6.07, 6.45) is 38.3. The molecule has 0 spiro atoms. The van der Waals surface area contributed by atoms with E-state index in [9.17, 15) is 9.59 Å². The van der Waals surface area contributed by atoms with Gasteiger partial charge in [-0.15, -0.1) is 0 Å². The van der Waals surface area contributed by atoms with Crippen LogP contribution < -0.4 is 0 Å². The van der Waals surface area contributed by atoms with E-state index in [0.717, 1.165) is 38.5 Å². The lowest BCUT2D eigenvalue weighted by Gasteiger charge is -2.06. The van der Waals surface area contributed by atoms with Gasteiger partial charge in [0, 0.05) is 19.4 Å². The summed E-state index contributed by atoms with van der Waals surface area (Å²) in [5.74, 6) is -0.671. The standard InChI is InChI=1S/C36H70O5/c37-33-29-25-21-17-13-9-5-1-4-8-12-16-20-24-28-32-36(40)41-34-30-26-22-18-14-10-6-2-3-7-11-15-19-23-27-31-35(38)39/h37H,1-34H2,(H,38,39). The van der Waals surface area contributed by atoms with E-state index < -0.39 is 5.97 Å². The van der Waals surface area contributed by atoms with Crippen molar-refractivity contribution < 1.29 is 24.5 Å². The van der Waals surface area contributed by atoms with Crippen molar-refractivity contribution in [1.29, 1.82) is 0 Å². The van der Waals surface area contributed by atoms with E-state index in [2.05, 4.69) is 0 Å². The largest absolute Gasteiger partial charge is 0.481 e. The number of esters is 1. The summed E-state index contributed by atoms with van der Waals surface area (Å²) in [5.41, 5.74) is 0.